The molecule has 3 N–H and O–H groups in total. The number of benzene rings is 2. The summed E-state index contributed by atoms with van der Waals surface area (Å²) in [4.78, 5) is 11.5. The molecule has 0 aromatic heterocycles. The molecule has 0 aliphatic rings. The van der Waals surface area contributed by atoms with Gasteiger partial charge in [0.1, 0.15) is 18.2 Å². The van der Waals surface area contributed by atoms with Crippen LogP contribution in [0.25, 0.3) is 0 Å². The first-order valence-corrected chi connectivity index (χ1v) is 6.09. The normalized spacial score (nSPS) is 10.1. The second-order valence-corrected chi connectivity index (χ2v) is 4.25. The number of anilines is 1. The Hall–Kier alpha value is -2.56. The number of ether oxygens (including phenoxy) is 1. The molecule has 0 radical (unpaired) electrons. The molecule has 20 heavy (non-hydrogen) atoms. The van der Waals surface area contributed by atoms with E-state index >= 15 is 0 Å². The highest BCUT2D eigenvalue weighted by Crippen LogP contribution is 2.24. The van der Waals surface area contributed by atoms with Gasteiger partial charge in [-0.25, -0.2) is 4.39 Å². The maximum Gasteiger partial charge on any atom is 0.251 e. The summed E-state index contributed by atoms with van der Waals surface area (Å²) >= 11 is 0. The average Bonchev–Trinajstić information content (AvgIpc) is 2.47. The first-order valence-electron chi connectivity index (χ1n) is 6.09. The summed E-state index contributed by atoms with van der Waals surface area (Å²) in [7, 11) is 1.55. The Labute approximate surface area is 116 Å². The summed E-state index contributed by atoms with van der Waals surface area (Å²) in [5.41, 5.74) is 7.53. The third kappa shape index (κ3) is 3.26. The molecule has 2 rings (SSSR count). The largest absolute Gasteiger partial charge is 0.487 e. The van der Waals surface area contributed by atoms with E-state index in [4.69, 9.17) is 10.5 Å². The molecule has 1 amide bonds. The van der Waals surface area contributed by atoms with Gasteiger partial charge in [-0.3, -0.25) is 4.79 Å². The number of hydrogen-bond acceptors (Lipinski definition) is 3. The number of amides is 1. The summed E-state index contributed by atoms with van der Waals surface area (Å²) in [5, 5.41) is 2.53. The number of nitrogen functional groups attached to an aromatic ring is 1. The van der Waals surface area contributed by atoms with Crippen LogP contribution < -0.4 is 15.8 Å². The topological polar surface area (TPSA) is 64.4 Å². The lowest BCUT2D eigenvalue weighted by Gasteiger charge is -2.10. The number of carbonyl (C=O) groups is 1. The van der Waals surface area contributed by atoms with E-state index in [1.165, 1.54) is 12.1 Å². The van der Waals surface area contributed by atoms with Gasteiger partial charge in [-0.05, 0) is 35.9 Å². The zero-order chi connectivity index (χ0) is 14.5. The smallest absolute Gasteiger partial charge is 0.251 e. The molecule has 0 unspecified atom stereocenters. The Bertz CT molecular complexity index is 612. The molecule has 104 valence electrons. The van der Waals surface area contributed by atoms with Gasteiger partial charge in [0, 0.05) is 12.6 Å². The van der Waals surface area contributed by atoms with E-state index in [1.54, 1.807) is 37.4 Å². The molecule has 2 aromatic carbocycles. The Balaban J connectivity index is 2.12. The van der Waals surface area contributed by atoms with Gasteiger partial charge in [-0.2, -0.15) is 0 Å². The molecule has 0 atom stereocenters. The zero-order valence-corrected chi connectivity index (χ0v) is 11.0. The second-order valence-electron chi connectivity index (χ2n) is 4.25. The second kappa shape index (κ2) is 6.06. The molecule has 2 aromatic rings. The quantitative estimate of drug-likeness (QED) is 0.841. The van der Waals surface area contributed by atoms with Crippen molar-refractivity contribution in [3.8, 4) is 5.75 Å². The third-order valence-electron chi connectivity index (χ3n) is 2.81. The van der Waals surface area contributed by atoms with E-state index in [9.17, 15) is 9.18 Å². The van der Waals surface area contributed by atoms with Crippen LogP contribution in [0.5, 0.6) is 5.75 Å². The summed E-state index contributed by atoms with van der Waals surface area (Å²) in [6.07, 6.45) is 0. The van der Waals surface area contributed by atoms with Crippen molar-refractivity contribution in [1.29, 1.82) is 0 Å². The van der Waals surface area contributed by atoms with Crippen molar-refractivity contribution in [1.82, 2.24) is 5.32 Å². The van der Waals surface area contributed by atoms with Crippen molar-refractivity contribution < 1.29 is 13.9 Å². The van der Waals surface area contributed by atoms with E-state index in [2.05, 4.69) is 5.32 Å². The van der Waals surface area contributed by atoms with Gasteiger partial charge in [0.2, 0.25) is 0 Å². The van der Waals surface area contributed by atoms with Crippen molar-refractivity contribution in [2.75, 3.05) is 12.8 Å². The number of rotatable bonds is 4. The first kappa shape index (κ1) is 13.9. The number of nitrogens with two attached hydrogens (primary N) is 1. The summed E-state index contributed by atoms with van der Waals surface area (Å²) in [6, 6.07) is 10.8. The molecule has 0 bridgehead atoms. The Morgan fingerprint density at radius 1 is 1.25 bits per heavy atom. The minimum atomic E-state index is -0.296. The molecule has 4 nitrogen and oxygen atoms in total. The zero-order valence-electron chi connectivity index (χ0n) is 11.0. The highest BCUT2D eigenvalue weighted by Gasteiger charge is 2.08. The van der Waals surface area contributed by atoms with Gasteiger partial charge in [-0.1, -0.05) is 12.1 Å². The highest BCUT2D eigenvalue weighted by atomic mass is 19.1. The predicted molar refractivity (Wildman–Crippen MR) is 75.0 cm³/mol. The van der Waals surface area contributed by atoms with Crippen LogP contribution in [0.3, 0.4) is 0 Å². The van der Waals surface area contributed by atoms with Gasteiger partial charge >= 0.3 is 0 Å². The molecular weight excluding hydrogens is 259 g/mol. The van der Waals surface area contributed by atoms with E-state index in [0.29, 0.717) is 17.0 Å². The fourth-order valence-electron chi connectivity index (χ4n) is 1.69. The van der Waals surface area contributed by atoms with Crippen LogP contribution in [0.4, 0.5) is 10.1 Å². The van der Waals surface area contributed by atoms with E-state index in [-0.39, 0.29) is 18.3 Å². The summed E-state index contributed by atoms with van der Waals surface area (Å²) in [5.74, 6) is -0.0815. The van der Waals surface area contributed by atoms with Gasteiger partial charge in [0.15, 0.2) is 0 Å². The SMILES string of the molecule is CNC(=O)c1ccc(N)c(OCc2ccc(F)cc2)c1. The van der Waals surface area contributed by atoms with E-state index < -0.39 is 0 Å². The molecule has 0 heterocycles. The van der Waals surface area contributed by atoms with Crippen molar-refractivity contribution in [3.63, 3.8) is 0 Å². The highest BCUT2D eigenvalue weighted by molar-refractivity contribution is 5.95. The predicted octanol–water partition coefficient (Wildman–Crippen LogP) is 2.35. The monoisotopic (exact) mass is 274 g/mol. The summed E-state index contributed by atoms with van der Waals surface area (Å²) in [6.45, 7) is 0.252. The van der Waals surface area contributed by atoms with Crippen LogP contribution in [0, 0.1) is 5.82 Å². The molecule has 0 saturated heterocycles. The first-order chi connectivity index (χ1) is 9.60. The fraction of sp³-hybridized carbons (Fsp3) is 0.133. The van der Waals surface area contributed by atoms with Crippen LogP contribution >= 0.6 is 0 Å². The standard InChI is InChI=1S/C15H15FN2O2/c1-18-15(19)11-4-7-13(17)14(8-11)20-9-10-2-5-12(16)6-3-10/h2-8H,9,17H2,1H3,(H,18,19). The molecule has 0 spiro atoms. The maximum atomic E-state index is 12.8. The average molecular weight is 274 g/mol. The third-order valence-corrected chi connectivity index (χ3v) is 2.81. The van der Waals surface area contributed by atoms with Crippen LogP contribution in [-0.4, -0.2) is 13.0 Å². The van der Waals surface area contributed by atoms with Crippen molar-refractivity contribution in [2.45, 2.75) is 6.61 Å². The van der Waals surface area contributed by atoms with Crippen LogP contribution in [0.1, 0.15) is 15.9 Å². The maximum absolute atomic E-state index is 12.8. The van der Waals surface area contributed by atoms with Crippen molar-refractivity contribution >= 4 is 11.6 Å². The van der Waals surface area contributed by atoms with Crippen LogP contribution in [0.15, 0.2) is 42.5 Å². The molecule has 0 aliphatic heterocycles. The minimum absolute atomic E-state index is 0.211. The van der Waals surface area contributed by atoms with Crippen LogP contribution in [0.2, 0.25) is 0 Å². The number of nitrogens with one attached hydrogen (secondary N) is 1. The minimum Gasteiger partial charge on any atom is -0.487 e. The van der Waals surface area contributed by atoms with Crippen molar-refractivity contribution in [2.24, 2.45) is 0 Å². The Kier molecular flexibility index (Phi) is 4.20. The number of carbonyl (C=O) groups excluding carboxylic acids is 1. The Morgan fingerprint density at radius 2 is 1.95 bits per heavy atom. The van der Waals surface area contributed by atoms with Gasteiger partial charge < -0.3 is 15.8 Å². The summed E-state index contributed by atoms with van der Waals surface area (Å²) < 4.78 is 18.4. The van der Waals surface area contributed by atoms with Gasteiger partial charge in [0.25, 0.3) is 5.91 Å². The lowest BCUT2D eigenvalue weighted by molar-refractivity contribution is 0.0962. The molecular formula is C15H15FN2O2. The van der Waals surface area contributed by atoms with Gasteiger partial charge in [0.05, 0.1) is 5.69 Å². The molecule has 0 aliphatic carbocycles. The number of halogens is 1. The van der Waals surface area contributed by atoms with Crippen LogP contribution in [-0.2, 0) is 6.61 Å². The molecule has 5 heteroatoms. The lowest BCUT2D eigenvalue weighted by atomic mass is 10.1. The van der Waals surface area contributed by atoms with E-state index in [0.717, 1.165) is 5.56 Å². The van der Waals surface area contributed by atoms with Crippen molar-refractivity contribution in [3.05, 3.63) is 59.4 Å². The Morgan fingerprint density at radius 3 is 2.60 bits per heavy atom. The van der Waals surface area contributed by atoms with E-state index in [1.807, 2.05) is 0 Å². The lowest BCUT2D eigenvalue weighted by Crippen LogP contribution is -2.17. The fourth-order valence-corrected chi connectivity index (χ4v) is 1.69. The number of hydrogen-bond donors (Lipinski definition) is 2. The molecule has 0 fully saturated rings. The van der Waals surface area contributed by atoms with Gasteiger partial charge in [-0.15, -0.1) is 0 Å². The molecule has 0 saturated carbocycles.